The Bertz CT molecular complexity index is 995. The minimum atomic E-state index is -0.414. The Labute approximate surface area is 210 Å². The third kappa shape index (κ3) is 3.98. The van der Waals surface area contributed by atoms with Gasteiger partial charge in [0, 0.05) is 44.5 Å². The van der Waals surface area contributed by atoms with Crippen LogP contribution < -0.4 is 0 Å². The molecule has 2 unspecified atom stereocenters. The number of pyridine rings is 1. The van der Waals surface area contributed by atoms with Crippen LogP contribution in [0.15, 0.2) is 47.4 Å². The van der Waals surface area contributed by atoms with Crippen molar-refractivity contribution in [1.82, 2.24) is 24.6 Å². The van der Waals surface area contributed by atoms with Crippen LogP contribution in [0.1, 0.15) is 57.3 Å². The number of alkyl halides is 1. The second-order valence-electron chi connectivity index (χ2n) is 10.8. The highest BCUT2D eigenvalue weighted by atomic mass is 35.5. The van der Waals surface area contributed by atoms with Crippen LogP contribution >= 0.6 is 11.6 Å². The molecular formula is C27H39ClN6. The molecule has 4 atom stereocenters. The van der Waals surface area contributed by atoms with E-state index in [1.807, 2.05) is 12.3 Å². The van der Waals surface area contributed by atoms with Gasteiger partial charge in [-0.2, -0.15) is 0 Å². The first-order chi connectivity index (χ1) is 16.3. The molecule has 2 saturated heterocycles. The minimum absolute atomic E-state index is 0.229. The molecule has 0 aliphatic carbocycles. The molecule has 1 aromatic heterocycles. The van der Waals surface area contributed by atoms with E-state index in [9.17, 15) is 0 Å². The van der Waals surface area contributed by atoms with Crippen molar-refractivity contribution >= 4 is 17.4 Å². The zero-order valence-corrected chi connectivity index (χ0v) is 22.0. The van der Waals surface area contributed by atoms with E-state index in [1.54, 1.807) is 0 Å². The fraction of sp³-hybridized carbons (Fsp3) is 0.630. The number of hydrogen-bond acceptors (Lipinski definition) is 6. The molecule has 0 spiro atoms. The first kappa shape index (κ1) is 23.8. The molecule has 0 amide bonds. The zero-order valence-electron chi connectivity index (χ0n) is 21.3. The first-order valence-electron chi connectivity index (χ1n) is 12.8. The van der Waals surface area contributed by atoms with Gasteiger partial charge in [0.05, 0.1) is 11.7 Å². The normalized spacial score (nSPS) is 32.7. The van der Waals surface area contributed by atoms with Crippen LogP contribution in [-0.2, 0) is 0 Å². The molecule has 0 aromatic carbocycles. The molecule has 0 bridgehead atoms. The van der Waals surface area contributed by atoms with Crippen LogP contribution in [0.2, 0.25) is 0 Å². The van der Waals surface area contributed by atoms with Crippen molar-refractivity contribution in [3.63, 3.8) is 0 Å². The maximum Gasteiger partial charge on any atom is 0.138 e. The molecule has 184 valence electrons. The Hall–Kier alpha value is -1.89. The van der Waals surface area contributed by atoms with Crippen LogP contribution in [0.3, 0.4) is 0 Å². The van der Waals surface area contributed by atoms with Gasteiger partial charge in [-0.25, -0.2) is 0 Å². The number of fused-ring (bicyclic) bond motifs is 1. The summed E-state index contributed by atoms with van der Waals surface area (Å²) < 4.78 is 0. The van der Waals surface area contributed by atoms with Crippen LogP contribution in [0.25, 0.3) is 0 Å². The lowest BCUT2D eigenvalue weighted by Gasteiger charge is -2.51. The summed E-state index contributed by atoms with van der Waals surface area (Å²) in [4.78, 5) is 20.0. The third-order valence-corrected chi connectivity index (χ3v) is 8.82. The summed E-state index contributed by atoms with van der Waals surface area (Å²) in [6.07, 6.45) is 11.8. The average Bonchev–Trinajstić information content (AvgIpc) is 3.10. The van der Waals surface area contributed by atoms with E-state index < -0.39 is 5.54 Å². The topological polar surface area (TPSA) is 38.2 Å². The predicted octanol–water partition coefficient (Wildman–Crippen LogP) is 4.39. The predicted molar refractivity (Wildman–Crippen MR) is 140 cm³/mol. The Morgan fingerprint density at radius 2 is 1.91 bits per heavy atom. The highest BCUT2D eigenvalue weighted by Gasteiger charge is 2.55. The first-order valence-corrected chi connectivity index (χ1v) is 13.3. The Kier molecular flexibility index (Phi) is 6.51. The van der Waals surface area contributed by atoms with Crippen molar-refractivity contribution < 1.29 is 0 Å². The van der Waals surface area contributed by atoms with E-state index in [0.717, 1.165) is 51.3 Å². The number of likely N-dealkylation sites (tertiary alicyclic amines) is 1. The number of aromatic nitrogens is 1. The van der Waals surface area contributed by atoms with Crippen molar-refractivity contribution in [2.45, 2.75) is 76.1 Å². The summed E-state index contributed by atoms with van der Waals surface area (Å²) in [6.45, 7) is 13.2. The van der Waals surface area contributed by atoms with Gasteiger partial charge < -0.3 is 9.80 Å². The number of nitrogens with zero attached hydrogens (tertiary/aromatic N) is 6. The molecule has 4 aliphatic rings. The Balaban J connectivity index is 1.47. The van der Waals surface area contributed by atoms with Crippen LogP contribution in [0, 0.1) is 6.92 Å². The number of allylic oxidation sites excluding steroid dienone is 2. The number of piperazine rings is 1. The molecule has 6 nitrogen and oxygen atoms in total. The van der Waals surface area contributed by atoms with Gasteiger partial charge in [-0.3, -0.25) is 19.8 Å². The molecule has 7 heteroatoms. The summed E-state index contributed by atoms with van der Waals surface area (Å²) in [7, 11) is 2.19. The number of halogens is 1. The van der Waals surface area contributed by atoms with Gasteiger partial charge in [0.2, 0.25) is 0 Å². The molecule has 0 saturated carbocycles. The third-order valence-electron chi connectivity index (χ3n) is 8.19. The fourth-order valence-corrected chi connectivity index (χ4v) is 6.76. The smallest absolute Gasteiger partial charge is 0.138 e. The van der Waals surface area contributed by atoms with Gasteiger partial charge >= 0.3 is 0 Å². The van der Waals surface area contributed by atoms with E-state index in [1.165, 1.54) is 17.1 Å². The lowest BCUT2D eigenvalue weighted by Crippen LogP contribution is -2.60. The number of piperidine rings is 1. The SMILES string of the molecule is Cc1cccnc1[C@@H]1CCC[C@H](C2(C)N=C3C=CC=C(N4CCN(C)CC4)N3C2Cl)N1C(C)C. The van der Waals surface area contributed by atoms with Crippen molar-refractivity contribution in [2.75, 3.05) is 33.2 Å². The monoisotopic (exact) mass is 482 g/mol. The molecule has 4 aliphatic heterocycles. The lowest BCUT2D eigenvalue weighted by molar-refractivity contribution is 0.00500. The van der Waals surface area contributed by atoms with Crippen LogP contribution in [-0.4, -0.2) is 86.8 Å². The summed E-state index contributed by atoms with van der Waals surface area (Å²) in [6, 6.07) is 5.13. The molecule has 2 fully saturated rings. The van der Waals surface area contributed by atoms with Gasteiger partial charge in [-0.15, -0.1) is 0 Å². The van der Waals surface area contributed by atoms with Crippen molar-refractivity contribution in [3.05, 3.63) is 53.6 Å². The van der Waals surface area contributed by atoms with E-state index >= 15 is 0 Å². The highest BCUT2D eigenvalue weighted by molar-refractivity contribution is 6.24. The average molecular weight is 483 g/mol. The number of likely N-dealkylation sites (N-methyl/N-ethyl adjacent to an activating group) is 1. The maximum atomic E-state index is 7.42. The minimum Gasteiger partial charge on any atom is -0.355 e. The fourth-order valence-electron chi connectivity index (χ4n) is 6.37. The van der Waals surface area contributed by atoms with Gasteiger partial charge in [0.15, 0.2) is 0 Å². The summed E-state index contributed by atoms with van der Waals surface area (Å²) in [5, 5.41) is 0. The van der Waals surface area contributed by atoms with Gasteiger partial charge in [-0.1, -0.05) is 23.7 Å². The molecular weight excluding hydrogens is 444 g/mol. The maximum absolute atomic E-state index is 7.42. The zero-order chi connectivity index (χ0) is 24.0. The largest absolute Gasteiger partial charge is 0.355 e. The Morgan fingerprint density at radius 3 is 2.62 bits per heavy atom. The summed E-state index contributed by atoms with van der Waals surface area (Å²) in [5.74, 6) is 2.20. The van der Waals surface area contributed by atoms with E-state index in [0.29, 0.717) is 12.1 Å². The second kappa shape index (κ2) is 9.29. The summed E-state index contributed by atoms with van der Waals surface area (Å²) in [5.41, 5.74) is 1.83. The number of hydrogen-bond donors (Lipinski definition) is 0. The van der Waals surface area contributed by atoms with E-state index in [2.05, 4.69) is 78.6 Å². The van der Waals surface area contributed by atoms with Gasteiger partial charge in [0.1, 0.15) is 22.7 Å². The van der Waals surface area contributed by atoms with E-state index in [-0.39, 0.29) is 11.5 Å². The number of aryl methyl sites for hydroxylation is 1. The van der Waals surface area contributed by atoms with Crippen LogP contribution in [0.5, 0.6) is 0 Å². The highest BCUT2D eigenvalue weighted by Crippen LogP contribution is 2.47. The van der Waals surface area contributed by atoms with Gasteiger partial charge in [-0.05, 0) is 77.8 Å². The number of amidine groups is 1. The molecule has 0 N–H and O–H groups in total. The number of rotatable bonds is 4. The second-order valence-corrected chi connectivity index (χ2v) is 11.2. The molecule has 1 aromatic rings. The molecule has 5 rings (SSSR count). The van der Waals surface area contributed by atoms with Crippen molar-refractivity contribution in [1.29, 1.82) is 0 Å². The molecule has 0 radical (unpaired) electrons. The van der Waals surface area contributed by atoms with Crippen molar-refractivity contribution in [3.8, 4) is 0 Å². The van der Waals surface area contributed by atoms with Crippen molar-refractivity contribution in [2.24, 2.45) is 4.99 Å². The molecule has 34 heavy (non-hydrogen) atoms. The quantitative estimate of drug-likeness (QED) is 0.470. The van der Waals surface area contributed by atoms with E-state index in [4.69, 9.17) is 21.6 Å². The molecule has 5 heterocycles. The number of aliphatic imine (C=N–C) groups is 1. The van der Waals surface area contributed by atoms with Crippen LogP contribution in [0.4, 0.5) is 0 Å². The standard InChI is InChI=1S/C27H39ClN6/c1-19(2)33-21(25-20(3)9-8-14-29-25)10-6-11-22(33)27(4)26(28)34-23(30-27)12-7-13-24(34)32-17-15-31(5)16-18-32/h7-9,12-14,19,21-22,26H,6,10-11,15-18H2,1-5H3/t21-,22+,26?,27?/m0/s1. The lowest BCUT2D eigenvalue weighted by atomic mass is 9.80. The Morgan fingerprint density at radius 1 is 1.15 bits per heavy atom. The summed E-state index contributed by atoms with van der Waals surface area (Å²) >= 11 is 7.42. The van der Waals surface area contributed by atoms with Gasteiger partial charge in [0.25, 0.3) is 0 Å².